The van der Waals surface area contributed by atoms with Crippen LogP contribution < -0.4 is 5.32 Å². The molecule has 1 aromatic carbocycles. The third-order valence-corrected chi connectivity index (χ3v) is 5.36. The Hall–Kier alpha value is -1.73. The fourth-order valence-electron chi connectivity index (χ4n) is 1.98. The smallest absolute Gasteiger partial charge is 0.247 e. The zero-order valence-electron chi connectivity index (χ0n) is 11.5. The molecule has 20 heavy (non-hydrogen) atoms. The topological polar surface area (TPSA) is 83.6 Å². The van der Waals surface area contributed by atoms with E-state index in [-0.39, 0.29) is 11.4 Å². The number of nitrogens with zero attached hydrogens (tertiary/aromatic N) is 1. The lowest BCUT2D eigenvalue weighted by atomic mass is 10.0. The summed E-state index contributed by atoms with van der Waals surface area (Å²) in [5.41, 5.74) is -0.381. The molecule has 108 valence electrons. The summed E-state index contributed by atoms with van der Waals surface area (Å²) >= 11 is 0. The zero-order valence-corrected chi connectivity index (χ0v) is 12.3. The number of carbonyl (C=O) groups excluding carboxylic acids is 2. The Morgan fingerprint density at radius 2 is 1.70 bits per heavy atom. The highest BCUT2D eigenvalue weighted by atomic mass is 32.2. The average molecular weight is 296 g/mol. The molecule has 0 aliphatic carbocycles. The molecule has 6 nitrogen and oxygen atoms in total. The molecule has 1 heterocycles. The molecule has 0 saturated carbocycles. The summed E-state index contributed by atoms with van der Waals surface area (Å²) < 4.78 is 26.1. The van der Waals surface area contributed by atoms with Gasteiger partial charge in [-0.25, -0.2) is 8.42 Å². The van der Waals surface area contributed by atoms with E-state index in [0.29, 0.717) is 0 Å². The molecular weight excluding hydrogens is 280 g/mol. The molecule has 2 amide bonds. The summed E-state index contributed by atoms with van der Waals surface area (Å²) in [6.07, 6.45) is 0. The normalized spacial score (nSPS) is 19.8. The first-order valence-electron chi connectivity index (χ1n) is 6.09. The number of amides is 2. The van der Waals surface area contributed by atoms with Gasteiger partial charge in [0.2, 0.25) is 21.8 Å². The summed E-state index contributed by atoms with van der Waals surface area (Å²) in [5, 5.41) is 2.15. The van der Waals surface area contributed by atoms with Crippen molar-refractivity contribution in [2.45, 2.75) is 31.2 Å². The molecule has 1 saturated heterocycles. The lowest BCUT2D eigenvalue weighted by Gasteiger charge is -2.38. The van der Waals surface area contributed by atoms with E-state index in [9.17, 15) is 18.0 Å². The minimum Gasteiger partial charge on any atom is -0.294 e. The predicted molar refractivity (Wildman–Crippen MR) is 72.3 cm³/mol. The van der Waals surface area contributed by atoms with Crippen molar-refractivity contribution < 1.29 is 18.0 Å². The van der Waals surface area contributed by atoms with Gasteiger partial charge >= 0.3 is 0 Å². The van der Waals surface area contributed by atoms with Gasteiger partial charge in [0.25, 0.3) is 0 Å². The van der Waals surface area contributed by atoms with E-state index in [1.54, 1.807) is 12.1 Å². The van der Waals surface area contributed by atoms with E-state index in [0.717, 1.165) is 9.87 Å². The molecule has 1 N–H and O–H groups in total. The van der Waals surface area contributed by atoms with Crippen molar-refractivity contribution in [2.24, 2.45) is 0 Å². The number of aryl methyl sites for hydroxylation is 1. The molecule has 1 aromatic rings. The maximum Gasteiger partial charge on any atom is 0.247 e. The molecule has 1 fully saturated rings. The Bertz CT molecular complexity index is 662. The van der Waals surface area contributed by atoms with Gasteiger partial charge in [0.1, 0.15) is 5.54 Å². The van der Waals surface area contributed by atoms with Gasteiger partial charge in [-0.15, -0.1) is 0 Å². The maximum atomic E-state index is 12.6. The van der Waals surface area contributed by atoms with Crippen LogP contribution in [0, 0.1) is 6.92 Å². The first-order valence-corrected chi connectivity index (χ1v) is 7.53. The van der Waals surface area contributed by atoms with Crippen molar-refractivity contribution in [1.82, 2.24) is 9.62 Å². The Kier molecular flexibility index (Phi) is 3.43. The molecule has 0 bridgehead atoms. The highest BCUT2D eigenvalue weighted by Gasteiger charge is 2.47. The highest BCUT2D eigenvalue weighted by Crippen LogP contribution is 2.27. The minimum atomic E-state index is -3.90. The molecular formula is C13H16N2O4S. The van der Waals surface area contributed by atoms with Crippen molar-refractivity contribution in [3.63, 3.8) is 0 Å². The second-order valence-electron chi connectivity index (χ2n) is 5.26. The Balaban J connectivity index is 2.49. The van der Waals surface area contributed by atoms with Gasteiger partial charge in [0.05, 0.1) is 11.4 Å². The quantitative estimate of drug-likeness (QED) is 0.802. The van der Waals surface area contributed by atoms with E-state index >= 15 is 0 Å². The number of carbonyl (C=O) groups is 2. The van der Waals surface area contributed by atoms with Crippen molar-refractivity contribution in [2.75, 3.05) is 6.54 Å². The van der Waals surface area contributed by atoms with Crippen molar-refractivity contribution in [1.29, 1.82) is 0 Å². The number of hydrogen-bond acceptors (Lipinski definition) is 4. The van der Waals surface area contributed by atoms with Crippen LogP contribution in [0.25, 0.3) is 0 Å². The van der Waals surface area contributed by atoms with Crippen LogP contribution in [-0.2, 0) is 19.6 Å². The lowest BCUT2D eigenvalue weighted by molar-refractivity contribution is -0.141. The van der Waals surface area contributed by atoms with Crippen LogP contribution in [0.4, 0.5) is 0 Å². The fraction of sp³-hybridized carbons (Fsp3) is 0.385. The highest BCUT2D eigenvalue weighted by molar-refractivity contribution is 7.89. The summed E-state index contributed by atoms with van der Waals surface area (Å²) in [6.45, 7) is 4.42. The van der Waals surface area contributed by atoms with Crippen molar-refractivity contribution in [3.05, 3.63) is 29.8 Å². The van der Waals surface area contributed by atoms with Crippen LogP contribution in [0.1, 0.15) is 19.4 Å². The summed E-state index contributed by atoms with van der Waals surface area (Å²) in [5.74, 6) is -1.24. The number of sulfonamides is 1. The first-order chi connectivity index (χ1) is 9.15. The number of piperazine rings is 1. The van der Waals surface area contributed by atoms with E-state index in [1.807, 2.05) is 6.92 Å². The van der Waals surface area contributed by atoms with E-state index in [2.05, 4.69) is 5.32 Å². The molecule has 0 unspecified atom stereocenters. The Labute approximate surface area is 117 Å². The van der Waals surface area contributed by atoms with Crippen molar-refractivity contribution >= 4 is 21.8 Å². The minimum absolute atomic E-state index is 0.0682. The van der Waals surface area contributed by atoms with Gasteiger partial charge in [0.15, 0.2) is 0 Å². The molecule has 0 spiro atoms. The Morgan fingerprint density at radius 1 is 1.15 bits per heavy atom. The number of nitrogens with one attached hydrogen (secondary N) is 1. The third kappa shape index (κ3) is 2.34. The fourth-order valence-corrected chi connectivity index (χ4v) is 3.69. The molecule has 2 rings (SSSR count). The first kappa shape index (κ1) is 14.7. The van der Waals surface area contributed by atoms with Crippen LogP contribution in [0.2, 0.25) is 0 Å². The van der Waals surface area contributed by atoms with Gasteiger partial charge in [-0.1, -0.05) is 17.7 Å². The standard InChI is InChI=1S/C13H16N2O4S/c1-9-4-6-10(7-5-9)20(18,19)15-8-11(16)14-12(17)13(15,2)3/h4-7H,8H2,1-3H3,(H,14,16,17). The van der Waals surface area contributed by atoms with Crippen molar-refractivity contribution in [3.8, 4) is 0 Å². The SMILES string of the molecule is Cc1ccc(S(=O)(=O)N2CC(=O)NC(=O)C2(C)C)cc1. The zero-order chi connectivity index (χ0) is 15.1. The van der Waals surface area contributed by atoms with Gasteiger partial charge in [0, 0.05) is 0 Å². The molecule has 0 aromatic heterocycles. The van der Waals surface area contributed by atoms with Gasteiger partial charge in [-0.3, -0.25) is 14.9 Å². The van der Waals surface area contributed by atoms with Gasteiger partial charge < -0.3 is 0 Å². The van der Waals surface area contributed by atoms with Gasteiger partial charge in [-0.05, 0) is 32.9 Å². The summed E-state index contributed by atoms with van der Waals surface area (Å²) in [6, 6.07) is 6.28. The molecule has 0 radical (unpaired) electrons. The van der Waals surface area contributed by atoms with E-state index in [4.69, 9.17) is 0 Å². The van der Waals surface area contributed by atoms with Crippen LogP contribution in [0.3, 0.4) is 0 Å². The molecule has 7 heteroatoms. The second-order valence-corrected chi connectivity index (χ2v) is 7.12. The van der Waals surface area contributed by atoms with Crippen LogP contribution in [-0.4, -0.2) is 36.6 Å². The summed E-state index contributed by atoms with van der Waals surface area (Å²) in [4.78, 5) is 23.4. The molecule has 1 aliphatic rings. The number of rotatable bonds is 2. The van der Waals surface area contributed by atoms with Gasteiger partial charge in [-0.2, -0.15) is 4.31 Å². The van der Waals surface area contributed by atoms with Crippen LogP contribution in [0.15, 0.2) is 29.2 Å². The van der Waals surface area contributed by atoms with Crippen LogP contribution >= 0.6 is 0 Å². The predicted octanol–water partition coefficient (Wildman–Crippen LogP) is 0.421. The maximum absolute atomic E-state index is 12.6. The monoisotopic (exact) mass is 296 g/mol. The Morgan fingerprint density at radius 3 is 2.25 bits per heavy atom. The summed E-state index contributed by atoms with van der Waals surface area (Å²) in [7, 11) is -3.90. The molecule has 1 aliphatic heterocycles. The van der Waals surface area contributed by atoms with Crippen LogP contribution in [0.5, 0.6) is 0 Å². The number of imide groups is 1. The van der Waals surface area contributed by atoms with E-state index < -0.39 is 27.4 Å². The van der Waals surface area contributed by atoms with E-state index in [1.165, 1.54) is 26.0 Å². The average Bonchev–Trinajstić information content (AvgIpc) is 2.34. The number of hydrogen-bond donors (Lipinski definition) is 1. The number of benzene rings is 1. The third-order valence-electron chi connectivity index (χ3n) is 3.33. The molecule has 0 atom stereocenters. The second kappa shape index (κ2) is 4.68. The largest absolute Gasteiger partial charge is 0.294 e. The lowest BCUT2D eigenvalue weighted by Crippen LogP contribution is -2.65.